The van der Waals surface area contributed by atoms with E-state index in [1.165, 1.54) is 11.3 Å². The first-order chi connectivity index (χ1) is 8.70. The van der Waals surface area contributed by atoms with Crippen LogP contribution in [-0.2, 0) is 11.3 Å². The molecule has 0 spiro atoms. The molecule has 96 valence electrons. The molecular weight excluding hydrogens is 270 g/mol. The van der Waals surface area contributed by atoms with Gasteiger partial charge in [0, 0.05) is 11.1 Å². The summed E-state index contributed by atoms with van der Waals surface area (Å²) in [6.45, 7) is 4.73. The molecule has 0 atom stereocenters. The van der Waals surface area contributed by atoms with E-state index < -0.39 is 0 Å². The summed E-state index contributed by atoms with van der Waals surface area (Å²) >= 11 is 3.02. The summed E-state index contributed by atoms with van der Waals surface area (Å²) in [5.74, 6) is -0.387. The lowest BCUT2D eigenvalue weighted by molar-refractivity contribution is 0.0521. The second kappa shape index (κ2) is 5.92. The van der Waals surface area contributed by atoms with Gasteiger partial charge in [0.05, 0.1) is 23.7 Å². The standard InChI is InChI=1S/C11H13N3O2S2/c1-3-16-11(15)9-10(17-6-14-9)13-5-8-4-12-7(2)18-8/h4,6,13H,3,5H2,1-2H3. The van der Waals surface area contributed by atoms with Crippen molar-refractivity contribution in [1.29, 1.82) is 0 Å². The minimum Gasteiger partial charge on any atom is -0.461 e. The molecule has 0 radical (unpaired) electrons. The fourth-order valence-corrected chi connectivity index (χ4v) is 2.77. The van der Waals surface area contributed by atoms with Crippen LogP contribution in [0.4, 0.5) is 5.00 Å². The number of anilines is 1. The summed E-state index contributed by atoms with van der Waals surface area (Å²) in [4.78, 5) is 20.9. The molecule has 0 fully saturated rings. The zero-order chi connectivity index (χ0) is 13.0. The van der Waals surface area contributed by atoms with Gasteiger partial charge in [-0.2, -0.15) is 0 Å². The number of thiazole rings is 2. The minimum absolute atomic E-state index is 0.350. The van der Waals surface area contributed by atoms with E-state index >= 15 is 0 Å². The monoisotopic (exact) mass is 283 g/mol. The summed E-state index contributed by atoms with van der Waals surface area (Å²) < 4.78 is 4.94. The summed E-state index contributed by atoms with van der Waals surface area (Å²) in [5, 5.41) is 4.95. The lowest BCUT2D eigenvalue weighted by atomic mass is 10.4. The third-order valence-electron chi connectivity index (χ3n) is 2.13. The average Bonchev–Trinajstić information content (AvgIpc) is 2.95. The normalized spacial score (nSPS) is 10.3. The molecule has 0 aliphatic rings. The molecule has 2 rings (SSSR count). The smallest absolute Gasteiger partial charge is 0.360 e. The molecule has 0 aliphatic heterocycles. The van der Waals surface area contributed by atoms with Crippen LogP contribution in [0.5, 0.6) is 0 Å². The van der Waals surface area contributed by atoms with E-state index in [0.29, 0.717) is 18.8 Å². The second-order valence-electron chi connectivity index (χ2n) is 3.45. The van der Waals surface area contributed by atoms with E-state index in [-0.39, 0.29) is 5.97 Å². The first kappa shape index (κ1) is 13.0. The summed E-state index contributed by atoms with van der Waals surface area (Å²) in [7, 11) is 0. The number of nitrogens with zero attached hydrogens (tertiary/aromatic N) is 2. The maximum absolute atomic E-state index is 11.6. The number of nitrogens with one attached hydrogen (secondary N) is 1. The topological polar surface area (TPSA) is 64.1 Å². The predicted molar refractivity (Wildman–Crippen MR) is 72.2 cm³/mol. The predicted octanol–water partition coefficient (Wildman–Crippen LogP) is 2.70. The molecule has 2 aromatic rings. The molecule has 18 heavy (non-hydrogen) atoms. The number of aromatic nitrogens is 2. The Bertz CT molecular complexity index is 536. The van der Waals surface area contributed by atoms with Crippen molar-refractivity contribution in [2.45, 2.75) is 20.4 Å². The van der Waals surface area contributed by atoms with Gasteiger partial charge in [0.2, 0.25) is 0 Å². The molecule has 2 aromatic heterocycles. The van der Waals surface area contributed by atoms with Crippen LogP contribution < -0.4 is 5.32 Å². The maximum Gasteiger partial charge on any atom is 0.360 e. The van der Waals surface area contributed by atoms with Gasteiger partial charge < -0.3 is 10.1 Å². The molecule has 0 amide bonds. The van der Waals surface area contributed by atoms with Gasteiger partial charge in [0.25, 0.3) is 0 Å². The Morgan fingerprint density at radius 3 is 3.00 bits per heavy atom. The number of ether oxygens (including phenoxy) is 1. The Labute approximate surface area is 113 Å². The van der Waals surface area contributed by atoms with Crippen molar-refractivity contribution in [2.24, 2.45) is 0 Å². The van der Waals surface area contributed by atoms with Crippen molar-refractivity contribution in [2.75, 3.05) is 11.9 Å². The Hall–Kier alpha value is -1.47. The number of carbonyl (C=O) groups excluding carboxylic acids is 1. The first-order valence-corrected chi connectivity index (χ1v) is 7.16. The van der Waals surface area contributed by atoms with Crippen molar-refractivity contribution in [3.63, 3.8) is 0 Å². The highest BCUT2D eigenvalue weighted by atomic mass is 32.1. The highest BCUT2D eigenvalue weighted by Crippen LogP contribution is 2.22. The van der Waals surface area contributed by atoms with Crippen LogP contribution in [0.2, 0.25) is 0 Å². The summed E-state index contributed by atoms with van der Waals surface area (Å²) in [5.41, 5.74) is 1.98. The van der Waals surface area contributed by atoms with E-state index in [9.17, 15) is 4.79 Å². The number of carbonyl (C=O) groups is 1. The molecule has 5 nitrogen and oxygen atoms in total. The van der Waals surface area contributed by atoms with E-state index in [1.54, 1.807) is 23.8 Å². The van der Waals surface area contributed by atoms with Crippen LogP contribution in [0.3, 0.4) is 0 Å². The molecule has 0 aliphatic carbocycles. The highest BCUT2D eigenvalue weighted by Gasteiger charge is 2.15. The largest absolute Gasteiger partial charge is 0.461 e. The fourth-order valence-electron chi connectivity index (χ4n) is 1.37. The van der Waals surface area contributed by atoms with Gasteiger partial charge in [0.15, 0.2) is 5.69 Å². The van der Waals surface area contributed by atoms with Gasteiger partial charge in [-0.25, -0.2) is 14.8 Å². The number of esters is 1. The molecule has 0 bridgehead atoms. The maximum atomic E-state index is 11.6. The quantitative estimate of drug-likeness (QED) is 0.855. The number of hydrogen-bond acceptors (Lipinski definition) is 7. The third kappa shape index (κ3) is 3.05. The van der Waals surface area contributed by atoms with Crippen LogP contribution in [0, 0.1) is 6.92 Å². The number of hydrogen-bond donors (Lipinski definition) is 1. The van der Waals surface area contributed by atoms with Gasteiger partial charge in [-0.15, -0.1) is 22.7 Å². The highest BCUT2D eigenvalue weighted by molar-refractivity contribution is 7.14. The van der Waals surface area contributed by atoms with Crippen molar-refractivity contribution in [3.05, 3.63) is 27.3 Å². The number of aryl methyl sites for hydroxylation is 1. The molecule has 0 aromatic carbocycles. The van der Waals surface area contributed by atoms with Gasteiger partial charge >= 0.3 is 5.97 Å². The third-order valence-corrected chi connectivity index (χ3v) is 3.83. The first-order valence-electron chi connectivity index (χ1n) is 5.46. The average molecular weight is 283 g/mol. The summed E-state index contributed by atoms with van der Waals surface area (Å²) in [6, 6.07) is 0. The molecule has 0 unspecified atom stereocenters. The molecular formula is C11H13N3O2S2. The van der Waals surface area contributed by atoms with E-state index in [0.717, 1.165) is 14.9 Å². The molecule has 7 heteroatoms. The molecule has 0 saturated heterocycles. The zero-order valence-corrected chi connectivity index (χ0v) is 11.7. The van der Waals surface area contributed by atoms with Gasteiger partial charge in [-0.1, -0.05) is 0 Å². The van der Waals surface area contributed by atoms with Gasteiger partial charge in [0.1, 0.15) is 5.00 Å². The fraction of sp³-hybridized carbons (Fsp3) is 0.364. The van der Waals surface area contributed by atoms with Crippen LogP contribution in [0.15, 0.2) is 11.7 Å². The van der Waals surface area contributed by atoms with E-state index in [4.69, 9.17) is 4.74 Å². The van der Waals surface area contributed by atoms with E-state index in [2.05, 4.69) is 15.3 Å². The van der Waals surface area contributed by atoms with Gasteiger partial charge in [-0.3, -0.25) is 0 Å². The Balaban J connectivity index is 2.01. The lowest BCUT2D eigenvalue weighted by Crippen LogP contribution is -2.08. The summed E-state index contributed by atoms with van der Waals surface area (Å²) in [6.07, 6.45) is 1.83. The van der Waals surface area contributed by atoms with Crippen molar-refractivity contribution in [1.82, 2.24) is 9.97 Å². The molecule has 1 N–H and O–H groups in total. The molecule has 2 heterocycles. The van der Waals surface area contributed by atoms with Crippen LogP contribution >= 0.6 is 22.7 Å². The Kier molecular flexibility index (Phi) is 4.27. The Morgan fingerprint density at radius 1 is 1.50 bits per heavy atom. The van der Waals surface area contributed by atoms with E-state index in [1.807, 2.05) is 13.1 Å². The SMILES string of the molecule is CCOC(=O)c1ncsc1NCc1cnc(C)s1. The zero-order valence-electron chi connectivity index (χ0n) is 10.1. The van der Waals surface area contributed by atoms with Crippen molar-refractivity contribution in [3.8, 4) is 0 Å². The van der Waals surface area contributed by atoms with Crippen LogP contribution in [-0.4, -0.2) is 22.5 Å². The molecule has 0 saturated carbocycles. The van der Waals surface area contributed by atoms with Crippen molar-refractivity contribution >= 4 is 33.6 Å². The number of rotatable bonds is 5. The lowest BCUT2D eigenvalue weighted by Gasteiger charge is -2.04. The Morgan fingerprint density at radius 2 is 2.33 bits per heavy atom. The van der Waals surface area contributed by atoms with Crippen LogP contribution in [0.25, 0.3) is 0 Å². The second-order valence-corrected chi connectivity index (χ2v) is 5.62. The van der Waals surface area contributed by atoms with Crippen LogP contribution in [0.1, 0.15) is 27.3 Å². The van der Waals surface area contributed by atoms with Gasteiger partial charge in [-0.05, 0) is 13.8 Å². The minimum atomic E-state index is -0.387. The van der Waals surface area contributed by atoms with Crippen molar-refractivity contribution < 1.29 is 9.53 Å².